The van der Waals surface area contributed by atoms with E-state index in [1.54, 1.807) is 0 Å². The molecule has 1 unspecified atom stereocenters. The molecule has 0 amide bonds. The molecule has 0 aliphatic heterocycles. The fourth-order valence-electron chi connectivity index (χ4n) is 1.70. The molecule has 0 bridgehead atoms. The van der Waals surface area contributed by atoms with Crippen molar-refractivity contribution in [2.75, 3.05) is 0 Å². The van der Waals surface area contributed by atoms with Crippen LogP contribution in [0.25, 0.3) is 0 Å². The van der Waals surface area contributed by atoms with Crippen LogP contribution < -0.4 is 0 Å². The number of hydrogen-bond acceptors (Lipinski definition) is 4. The van der Waals surface area contributed by atoms with Gasteiger partial charge < -0.3 is 9.63 Å². The highest BCUT2D eigenvalue weighted by Gasteiger charge is 2.14. The van der Waals surface area contributed by atoms with Gasteiger partial charge in [0.1, 0.15) is 6.10 Å². The maximum absolute atomic E-state index is 9.75. The van der Waals surface area contributed by atoms with Crippen molar-refractivity contribution >= 4 is 15.9 Å². The van der Waals surface area contributed by atoms with Crippen molar-refractivity contribution in [1.82, 2.24) is 10.1 Å². The first kappa shape index (κ1) is 13.2. The van der Waals surface area contributed by atoms with Gasteiger partial charge in [-0.1, -0.05) is 46.6 Å². The number of rotatable bonds is 5. The highest BCUT2D eigenvalue weighted by atomic mass is 79.9. The van der Waals surface area contributed by atoms with Gasteiger partial charge in [0.2, 0.25) is 5.89 Å². The molecule has 0 radical (unpaired) electrons. The lowest BCUT2D eigenvalue weighted by Gasteiger charge is -2.01. The molecule has 2 aromatic rings. The van der Waals surface area contributed by atoms with Gasteiger partial charge in [0.15, 0.2) is 5.82 Å². The van der Waals surface area contributed by atoms with Gasteiger partial charge >= 0.3 is 0 Å². The Morgan fingerprint density at radius 2 is 2.28 bits per heavy atom. The van der Waals surface area contributed by atoms with E-state index < -0.39 is 6.10 Å². The van der Waals surface area contributed by atoms with Crippen LogP contribution >= 0.6 is 15.9 Å². The van der Waals surface area contributed by atoms with E-state index in [1.165, 1.54) is 0 Å². The lowest BCUT2D eigenvalue weighted by molar-refractivity contribution is 0.153. The van der Waals surface area contributed by atoms with Crippen LogP contribution in [-0.2, 0) is 6.42 Å². The number of halogens is 1. The third-order valence-electron chi connectivity index (χ3n) is 2.59. The van der Waals surface area contributed by atoms with Crippen molar-refractivity contribution in [2.45, 2.75) is 32.3 Å². The summed E-state index contributed by atoms with van der Waals surface area (Å²) in [4.78, 5) is 4.21. The van der Waals surface area contributed by atoms with Gasteiger partial charge in [0.05, 0.1) is 6.42 Å². The molecule has 4 nitrogen and oxygen atoms in total. The minimum Gasteiger partial charge on any atom is -0.385 e. The smallest absolute Gasteiger partial charge is 0.231 e. The van der Waals surface area contributed by atoms with E-state index in [1.807, 2.05) is 31.2 Å². The fourth-order valence-corrected chi connectivity index (χ4v) is 2.15. The zero-order valence-corrected chi connectivity index (χ0v) is 11.7. The monoisotopic (exact) mass is 310 g/mol. The number of aliphatic hydroxyl groups excluding tert-OH is 1. The first-order valence-corrected chi connectivity index (χ1v) is 6.73. The molecule has 0 saturated heterocycles. The predicted molar refractivity (Wildman–Crippen MR) is 71.1 cm³/mol. The quantitative estimate of drug-likeness (QED) is 0.921. The fraction of sp³-hybridized carbons (Fsp3) is 0.385. The van der Waals surface area contributed by atoms with Gasteiger partial charge in [0.25, 0.3) is 0 Å². The topological polar surface area (TPSA) is 59.2 Å². The Morgan fingerprint density at radius 3 is 3.00 bits per heavy atom. The molecule has 0 saturated carbocycles. The van der Waals surface area contributed by atoms with E-state index in [2.05, 4.69) is 26.1 Å². The van der Waals surface area contributed by atoms with Gasteiger partial charge in [-0.25, -0.2) is 0 Å². The predicted octanol–water partition coefficient (Wildman–Crippen LogP) is 3.26. The van der Waals surface area contributed by atoms with Crippen LogP contribution in [0, 0.1) is 0 Å². The van der Waals surface area contributed by atoms with E-state index >= 15 is 0 Å². The van der Waals surface area contributed by atoms with Crippen molar-refractivity contribution in [2.24, 2.45) is 0 Å². The van der Waals surface area contributed by atoms with Crippen molar-refractivity contribution < 1.29 is 9.63 Å². The van der Waals surface area contributed by atoms with E-state index in [0.29, 0.717) is 24.6 Å². The maximum Gasteiger partial charge on any atom is 0.231 e. The van der Waals surface area contributed by atoms with Crippen LogP contribution in [0.15, 0.2) is 33.3 Å². The van der Waals surface area contributed by atoms with Crippen molar-refractivity contribution in [3.05, 3.63) is 46.0 Å². The summed E-state index contributed by atoms with van der Waals surface area (Å²) in [5, 5.41) is 13.6. The molecule has 1 aromatic carbocycles. The molecule has 5 heteroatoms. The van der Waals surface area contributed by atoms with Crippen LogP contribution in [-0.4, -0.2) is 15.2 Å². The lowest BCUT2D eigenvalue weighted by Crippen LogP contribution is -1.99. The molecule has 1 aromatic heterocycles. The molecule has 0 aliphatic rings. The van der Waals surface area contributed by atoms with E-state index in [9.17, 15) is 5.11 Å². The number of hydrogen-bond donors (Lipinski definition) is 1. The van der Waals surface area contributed by atoms with Gasteiger partial charge in [-0.2, -0.15) is 4.98 Å². The highest BCUT2D eigenvalue weighted by Crippen LogP contribution is 2.17. The first-order chi connectivity index (χ1) is 8.69. The van der Waals surface area contributed by atoms with Crippen LogP contribution in [0.1, 0.15) is 43.1 Å². The molecule has 1 heterocycles. The molecular weight excluding hydrogens is 296 g/mol. The van der Waals surface area contributed by atoms with E-state index in [-0.39, 0.29) is 0 Å². The first-order valence-electron chi connectivity index (χ1n) is 5.94. The summed E-state index contributed by atoms with van der Waals surface area (Å²) in [6.45, 7) is 2.01. The average molecular weight is 311 g/mol. The summed E-state index contributed by atoms with van der Waals surface area (Å²) in [5.74, 6) is 0.903. The summed E-state index contributed by atoms with van der Waals surface area (Å²) < 4.78 is 6.16. The molecule has 1 atom stereocenters. The molecule has 0 fully saturated rings. The second-order valence-electron chi connectivity index (χ2n) is 4.16. The molecule has 96 valence electrons. The Kier molecular flexibility index (Phi) is 4.49. The van der Waals surface area contributed by atoms with Gasteiger partial charge in [-0.15, -0.1) is 0 Å². The molecule has 2 rings (SSSR count). The van der Waals surface area contributed by atoms with Crippen LogP contribution in [0.3, 0.4) is 0 Å². The van der Waals surface area contributed by atoms with Gasteiger partial charge in [0, 0.05) is 4.47 Å². The van der Waals surface area contributed by atoms with Crippen molar-refractivity contribution in [3.8, 4) is 0 Å². The van der Waals surface area contributed by atoms with Gasteiger partial charge in [-0.3, -0.25) is 0 Å². The van der Waals surface area contributed by atoms with E-state index in [4.69, 9.17) is 4.52 Å². The average Bonchev–Trinajstić information content (AvgIpc) is 2.78. The maximum atomic E-state index is 9.75. The third kappa shape index (κ3) is 3.40. The summed E-state index contributed by atoms with van der Waals surface area (Å²) in [6, 6.07) is 7.93. The molecule has 1 N–H and O–H groups in total. The van der Waals surface area contributed by atoms with Crippen LogP contribution in [0.4, 0.5) is 0 Å². The SMILES string of the molecule is CCCC(O)c1noc(Cc2cccc(Br)c2)n1. The number of aromatic nitrogens is 2. The zero-order valence-electron chi connectivity index (χ0n) is 10.1. The Bertz CT molecular complexity index is 513. The Labute approximate surface area is 114 Å². The Balaban J connectivity index is 2.06. The molecular formula is C13H15BrN2O2. The van der Waals surface area contributed by atoms with E-state index in [0.717, 1.165) is 16.5 Å². The molecule has 18 heavy (non-hydrogen) atoms. The lowest BCUT2D eigenvalue weighted by atomic mass is 10.1. The normalized spacial score (nSPS) is 12.6. The summed E-state index contributed by atoms with van der Waals surface area (Å²) in [7, 11) is 0. The molecule has 0 aliphatic carbocycles. The summed E-state index contributed by atoms with van der Waals surface area (Å²) in [6.07, 6.45) is 1.48. The number of aliphatic hydroxyl groups is 1. The Hall–Kier alpha value is -1.20. The highest BCUT2D eigenvalue weighted by molar-refractivity contribution is 9.10. The number of benzene rings is 1. The minimum absolute atomic E-state index is 0.377. The minimum atomic E-state index is -0.630. The zero-order chi connectivity index (χ0) is 13.0. The standard InChI is InChI=1S/C13H15BrN2O2/c1-2-4-11(17)13-15-12(18-16-13)8-9-5-3-6-10(14)7-9/h3,5-7,11,17H,2,4,8H2,1H3. The van der Waals surface area contributed by atoms with Crippen molar-refractivity contribution in [1.29, 1.82) is 0 Å². The van der Waals surface area contributed by atoms with Crippen molar-refractivity contribution in [3.63, 3.8) is 0 Å². The second-order valence-corrected chi connectivity index (χ2v) is 5.07. The summed E-state index contributed by atoms with van der Waals surface area (Å²) >= 11 is 3.42. The third-order valence-corrected chi connectivity index (χ3v) is 3.08. The largest absolute Gasteiger partial charge is 0.385 e. The van der Waals surface area contributed by atoms with Crippen LogP contribution in [0.5, 0.6) is 0 Å². The van der Waals surface area contributed by atoms with Crippen LogP contribution in [0.2, 0.25) is 0 Å². The van der Waals surface area contributed by atoms with Gasteiger partial charge in [-0.05, 0) is 24.1 Å². The molecule has 0 spiro atoms. The number of nitrogens with zero attached hydrogens (tertiary/aromatic N) is 2. The summed E-state index contributed by atoms with van der Waals surface area (Å²) in [5.41, 5.74) is 1.09. The second kappa shape index (κ2) is 6.11. The Morgan fingerprint density at radius 1 is 1.44 bits per heavy atom.